The molecule has 0 saturated carbocycles. The van der Waals surface area contributed by atoms with Gasteiger partial charge in [0.1, 0.15) is 0 Å². The molecule has 0 aliphatic heterocycles. The van der Waals surface area contributed by atoms with E-state index in [1.807, 2.05) is 0 Å². The van der Waals surface area contributed by atoms with Crippen LogP contribution in [0.4, 0.5) is 0 Å². The predicted octanol–water partition coefficient (Wildman–Crippen LogP) is -12.4. The van der Waals surface area contributed by atoms with E-state index >= 15 is 0 Å². The third-order valence-corrected chi connectivity index (χ3v) is 0. The average molecular weight is 326 g/mol. The Labute approximate surface area is 93.1 Å². The number of hydrogen-bond acceptors (Lipinski definition) is 0. The van der Waals surface area contributed by atoms with Gasteiger partial charge in [0.05, 0.1) is 0 Å². The fraction of sp³-hybridized carbons (Fsp3) is 0. The molecule has 0 heterocycles. The van der Waals surface area contributed by atoms with Crippen LogP contribution in [0.15, 0.2) is 0 Å². The molecule has 6 heteroatoms. The Morgan fingerprint density at radius 2 is 0.500 bits per heavy atom. The molecule has 32 valence electrons. The van der Waals surface area contributed by atoms with Crippen molar-refractivity contribution < 1.29 is 46.1 Å². The third kappa shape index (κ3) is 34.5. The Hall–Kier alpha value is 2.21. The second-order valence-corrected chi connectivity index (χ2v) is 0. The van der Waals surface area contributed by atoms with Crippen LogP contribution in [0.1, 0.15) is 0 Å². The molecule has 0 spiro atoms. The molecule has 0 atom stereocenters. The van der Waals surface area contributed by atoms with E-state index < -0.39 is 0 Å². The smallest absolute Gasteiger partial charge is 1.00 e. The molecule has 0 unspecified atom stereocenters. The second kappa shape index (κ2) is 56.8. The maximum absolute atomic E-state index is 0. The maximum Gasteiger partial charge on any atom is 2.00 e. The summed E-state index contributed by atoms with van der Waals surface area (Å²) >= 11 is 0. The molecule has 0 bridgehead atoms. The van der Waals surface area contributed by atoms with Gasteiger partial charge < -0.3 is 18.8 Å². The van der Waals surface area contributed by atoms with Gasteiger partial charge in [0.2, 0.25) is 0 Å². The van der Waals surface area contributed by atoms with Gasteiger partial charge in [-0.1, -0.05) is 0 Å². The molecule has 0 fully saturated rings. The molecule has 0 aromatic heterocycles. The molecule has 0 N–H and O–H groups in total. The first-order chi connectivity index (χ1) is 0. The molecule has 0 saturated heterocycles. The Balaban J connectivity index is 0. The summed E-state index contributed by atoms with van der Waals surface area (Å²) in [5, 5.41) is 0. The van der Waals surface area contributed by atoms with Crippen molar-refractivity contribution in [1.82, 2.24) is 0 Å². The fourth-order valence-corrected chi connectivity index (χ4v) is 0. The van der Waals surface area contributed by atoms with Gasteiger partial charge in [0.15, 0.2) is 0 Å². The van der Waals surface area contributed by atoms with E-state index in [4.69, 9.17) is 0 Å². The summed E-state index contributed by atoms with van der Waals surface area (Å²) in [5.74, 6) is 0. The first kappa shape index (κ1) is 87.2. The van der Waals surface area contributed by atoms with E-state index in [1.165, 1.54) is 0 Å². The van der Waals surface area contributed by atoms with Crippen LogP contribution >= 0.6 is 0 Å². The molecule has 0 nitrogen and oxygen atoms in total. The van der Waals surface area contributed by atoms with Crippen LogP contribution in [0.2, 0.25) is 0 Å². The van der Waals surface area contributed by atoms with E-state index in [1.54, 1.807) is 0 Å². The summed E-state index contributed by atoms with van der Waals surface area (Å²) in [6, 6.07) is 0. The van der Waals surface area contributed by atoms with E-state index in [0.29, 0.717) is 0 Å². The summed E-state index contributed by atoms with van der Waals surface area (Å²) in [7, 11) is 0. The van der Waals surface area contributed by atoms with Crippen molar-refractivity contribution in [3.05, 3.63) is 0 Å². The number of halogens is 4. The van der Waals surface area contributed by atoms with Crippen LogP contribution in [0.5, 0.6) is 0 Å². The summed E-state index contributed by atoms with van der Waals surface area (Å²) in [4.78, 5) is 0. The normalized spacial score (nSPS) is 0. The second-order valence-electron chi connectivity index (χ2n) is 0. The van der Waals surface area contributed by atoms with Crippen molar-refractivity contribution in [2.24, 2.45) is 0 Å². The quantitative estimate of drug-likeness (QED) is 0.307. The van der Waals surface area contributed by atoms with E-state index in [0.717, 1.165) is 0 Å². The maximum atomic E-state index is 0. The largest absolute Gasteiger partial charge is 2.00 e. The molecule has 0 aromatic rings. The van der Waals surface area contributed by atoms with Crippen molar-refractivity contribution in [1.29, 1.82) is 0 Å². The molecule has 0 aromatic carbocycles. The van der Waals surface area contributed by atoms with Crippen molar-refractivity contribution in [2.75, 3.05) is 0 Å². The molecule has 6 heavy (non-hydrogen) atoms. The summed E-state index contributed by atoms with van der Waals surface area (Å²) < 4.78 is 0. The third-order valence-electron chi connectivity index (χ3n) is 0. The van der Waals surface area contributed by atoms with Crippen LogP contribution in [0, 0.1) is 0 Å². The van der Waals surface area contributed by atoms with Crippen LogP contribution in [0.3, 0.4) is 0 Å². The zero-order chi connectivity index (χ0) is 0. The SMILES string of the molecule is [Ba+2].[Cd+2].[F-].[F-].[F-].[F-]. The number of hydrogen-bond donors (Lipinski definition) is 0. The minimum absolute atomic E-state index is 0. The zero-order valence-corrected chi connectivity index (χ0v) is 11.4. The first-order valence-electron chi connectivity index (χ1n) is 0. The van der Waals surface area contributed by atoms with Gasteiger partial charge in [-0.3, -0.25) is 0 Å². The van der Waals surface area contributed by atoms with Gasteiger partial charge in [-0.25, -0.2) is 0 Å². The van der Waals surface area contributed by atoms with Crippen LogP contribution < -0.4 is 18.8 Å². The Morgan fingerprint density at radius 3 is 0.500 bits per heavy atom. The van der Waals surface area contributed by atoms with Gasteiger partial charge in [0.25, 0.3) is 0 Å². The summed E-state index contributed by atoms with van der Waals surface area (Å²) in [6.07, 6.45) is 0. The van der Waals surface area contributed by atoms with Gasteiger partial charge in [-0.15, -0.1) is 0 Å². The van der Waals surface area contributed by atoms with Crippen LogP contribution in [0.25, 0.3) is 0 Å². The van der Waals surface area contributed by atoms with Crippen molar-refractivity contribution in [3.8, 4) is 0 Å². The van der Waals surface area contributed by atoms with Crippen molar-refractivity contribution in [3.63, 3.8) is 0 Å². The van der Waals surface area contributed by atoms with E-state index in [9.17, 15) is 0 Å². The van der Waals surface area contributed by atoms with Crippen LogP contribution in [-0.2, 0) is 27.3 Å². The molecule has 0 aliphatic rings. The molecule has 0 rings (SSSR count). The zero-order valence-electron chi connectivity index (χ0n) is 2.93. The summed E-state index contributed by atoms with van der Waals surface area (Å²) in [5.41, 5.74) is 0. The van der Waals surface area contributed by atoms with E-state index in [-0.39, 0.29) is 95.0 Å². The minimum Gasteiger partial charge on any atom is -1.00 e. The monoisotopic (exact) mass is 328 g/mol. The van der Waals surface area contributed by atoms with E-state index in [2.05, 4.69) is 0 Å². The van der Waals surface area contributed by atoms with Gasteiger partial charge in [-0.05, 0) is 0 Å². The predicted molar refractivity (Wildman–Crippen MR) is 5.75 cm³/mol. The van der Waals surface area contributed by atoms with Crippen molar-refractivity contribution >= 4 is 48.9 Å². The first-order valence-corrected chi connectivity index (χ1v) is 0. The van der Waals surface area contributed by atoms with Gasteiger partial charge in [-0.2, -0.15) is 0 Å². The average Bonchev–Trinajstić information content (AvgIpc) is 0. The Morgan fingerprint density at radius 1 is 0.500 bits per heavy atom. The molecule has 0 aliphatic carbocycles. The van der Waals surface area contributed by atoms with Crippen molar-refractivity contribution in [2.45, 2.75) is 0 Å². The summed E-state index contributed by atoms with van der Waals surface area (Å²) in [6.45, 7) is 0. The Bertz CT molecular complexity index is 7.51. The molecule has 0 amide bonds. The topological polar surface area (TPSA) is 0 Å². The van der Waals surface area contributed by atoms with Crippen LogP contribution in [-0.4, -0.2) is 48.9 Å². The molecule has 0 radical (unpaired) electrons. The molecular weight excluding hydrogens is 326 g/mol. The molecular formula is BaCdF4. The standard InChI is InChI=1S/Ba.Cd.4FH/h;;4*1H/q2*+2;;;;/p-4. The minimum atomic E-state index is 0. The van der Waals surface area contributed by atoms with Gasteiger partial charge >= 0.3 is 76.2 Å². The fourth-order valence-electron chi connectivity index (χ4n) is 0. The number of rotatable bonds is 0. The van der Waals surface area contributed by atoms with Gasteiger partial charge in [0, 0.05) is 0 Å². The Kier molecular flexibility index (Phi) is 826.